The Hall–Kier alpha value is -2.60. The van der Waals surface area contributed by atoms with E-state index >= 15 is 0 Å². The van der Waals surface area contributed by atoms with Gasteiger partial charge in [-0.15, -0.1) is 0 Å². The standard InChI is InChI=1S/C25H31N3O3/c1-18(29)22-9-10-23-25(26(2)15-16-28(22)23)11-13-27(14-12-25)24(30)20-5-7-21(8-6-20)31-17-19-3-4-19/h5-10,19H,3-4,11-17H2,1-2H3. The first-order valence-corrected chi connectivity index (χ1v) is 11.4. The van der Waals surface area contributed by atoms with Crippen molar-refractivity contribution in [3.05, 3.63) is 53.3 Å². The van der Waals surface area contributed by atoms with Crippen LogP contribution in [0.2, 0.25) is 0 Å². The lowest BCUT2D eigenvalue weighted by molar-refractivity contribution is 0.0128. The molecule has 6 heteroatoms. The molecule has 0 unspecified atom stereocenters. The Kier molecular flexibility index (Phi) is 5.13. The van der Waals surface area contributed by atoms with Crippen molar-refractivity contribution >= 4 is 11.7 Å². The van der Waals surface area contributed by atoms with Crippen LogP contribution < -0.4 is 4.74 Å². The van der Waals surface area contributed by atoms with E-state index in [-0.39, 0.29) is 17.2 Å². The Bertz CT molecular complexity index is 982. The number of rotatable bonds is 5. The van der Waals surface area contributed by atoms with Crippen LogP contribution in [0.1, 0.15) is 59.1 Å². The van der Waals surface area contributed by atoms with Crippen LogP contribution in [0.25, 0.3) is 0 Å². The summed E-state index contributed by atoms with van der Waals surface area (Å²) in [5.74, 6) is 1.75. The Balaban J connectivity index is 1.28. The lowest BCUT2D eigenvalue weighted by atomic mass is 9.81. The first-order valence-electron chi connectivity index (χ1n) is 11.4. The van der Waals surface area contributed by atoms with Gasteiger partial charge in [-0.1, -0.05) is 0 Å². The number of carbonyl (C=O) groups is 2. The third kappa shape index (κ3) is 3.67. The number of likely N-dealkylation sites (tertiary alicyclic amines) is 1. The van der Waals surface area contributed by atoms with Gasteiger partial charge in [0.1, 0.15) is 5.75 Å². The molecule has 6 nitrogen and oxygen atoms in total. The second-order valence-corrected chi connectivity index (χ2v) is 9.34. The average molecular weight is 422 g/mol. The summed E-state index contributed by atoms with van der Waals surface area (Å²) in [5, 5.41) is 0. The number of ketones is 1. The zero-order valence-electron chi connectivity index (χ0n) is 18.5. The highest BCUT2D eigenvalue weighted by molar-refractivity contribution is 5.94. The topological polar surface area (TPSA) is 54.8 Å². The molecule has 1 aromatic heterocycles. The minimum Gasteiger partial charge on any atom is -0.493 e. The fourth-order valence-corrected chi connectivity index (χ4v) is 5.17. The summed E-state index contributed by atoms with van der Waals surface area (Å²) in [4.78, 5) is 29.5. The summed E-state index contributed by atoms with van der Waals surface area (Å²) in [6.07, 6.45) is 4.28. The highest BCUT2D eigenvalue weighted by atomic mass is 16.5. The van der Waals surface area contributed by atoms with Crippen LogP contribution in [0.5, 0.6) is 5.75 Å². The van der Waals surface area contributed by atoms with Crippen LogP contribution in [0.4, 0.5) is 0 Å². The zero-order valence-corrected chi connectivity index (χ0v) is 18.5. The number of Topliss-reactive ketones (excluding diaryl/α,β-unsaturated/α-hetero) is 1. The van der Waals surface area contributed by atoms with Crippen LogP contribution in [0.15, 0.2) is 36.4 Å². The van der Waals surface area contributed by atoms with Crippen LogP contribution in [0, 0.1) is 5.92 Å². The molecule has 1 saturated carbocycles. The lowest BCUT2D eigenvalue weighted by Crippen LogP contribution is -2.56. The summed E-state index contributed by atoms with van der Waals surface area (Å²) in [6, 6.07) is 11.7. The highest BCUT2D eigenvalue weighted by Gasteiger charge is 2.45. The number of likely N-dealkylation sites (N-methyl/N-ethyl adjacent to an activating group) is 1. The van der Waals surface area contributed by atoms with E-state index in [1.54, 1.807) is 6.92 Å². The molecule has 31 heavy (non-hydrogen) atoms. The van der Waals surface area contributed by atoms with Gasteiger partial charge in [0, 0.05) is 44.4 Å². The van der Waals surface area contributed by atoms with Gasteiger partial charge in [0.25, 0.3) is 5.91 Å². The number of piperidine rings is 1. The number of hydrogen-bond acceptors (Lipinski definition) is 4. The van der Waals surface area contributed by atoms with Gasteiger partial charge >= 0.3 is 0 Å². The number of ether oxygens (including phenoxy) is 1. The fraction of sp³-hybridized carbons (Fsp3) is 0.520. The maximum absolute atomic E-state index is 13.1. The number of aromatic nitrogens is 1. The number of nitrogens with zero attached hydrogens (tertiary/aromatic N) is 3. The average Bonchev–Trinajstić information content (AvgIpc) is 3.51. The van der Waals surface area contributed by atoms with E-state index in [0.29, 0.717) is 24.6 Å². The van der Waals surface area contributed by atoms with E-state index in [1.807, 2.05) is 35.2 Å². The van der Waals surface area contributed by atoms with E-state index in [4.69, 9.17) is 4.74 Å². The van der Waals surface area contributed by atoms with E-state index in [1.165, 1.54) is 18.5 Å². The number of fused-ring (bicyclic) bond motifs is 2. The van der Waals surface area contributed by atoms with E-state index in [2.05, 4.69) is 22.6 Å². The Labute approximate surface area is 183 Å². The van der Waals surface area contributed by atoms with Crippen molar-refractivity contribution in [1.29, 1.82) is 0 Å². The number of hydrogen-bond donors (Lipinski definition) is 0. The number of amides is 1. The van der Waals surface area contributed by atoms with Gasteiger partial charge in [-0.3, -0.25) is 14.5 Å². The quantitative estimate of drug-likeness (QED) is 0.693. The molecule has 1 aliphatic carbocycles. The maximum Gasteiger partial charge on any atom is 0.253 e. The van der Waals surface area contributed by atoms with Gasteiger partial charge in [0.15, 0.2) is 5.78 Å². The molecule has 2 fully saturated rings. The van der Waals surface area contributed by atoms with E-state index in [0.717, 1.165) is 44.0 Å². The molecule has 1 aromatic carbocycles. The van der Waals surface area contributed by atoms with Gasteiger partial charge in [-0.2, -0.15) is 0 Å². The Morgan fingerprint density at radius 1 is 1.00 bits per heavy atom. The first-order chi connectivity index (χ1) is 15.0. The SMILES string of the molecule is CC(=O)c1ccc2n1CCN(C)C21CCN(C(=O)c2ccc(OCC3CC3)cc2)CC1. The van der Waals surface area contributed by atoms with Gasteiger partial charge in [0.2, 0.25) is 0 Å². The van der Waals surface area contributed by atoms with Gasteiger partial charge in [-0.25, -0.2) is 0 Å². The molecule has 3 aliphatic rings. The molecule has 5 rings (SSSR count). The molecule has 1 saturated heterocycles. The molecule has 2 aliphatic heterocycles. The van der Waals surface area contributed by atoms with Gasteiger partial charge in [-0.05, 0) is 75.0 Å². The van der Waals surface area contributed by atoms with Crippen molar-refractivity contribution in [2.24, 2.45) is 5.92 Å². The Morgan fingerprint density at radius 3 is 2.35 bits per heavy atom. The van der Waals surface area contributed by atoms with E-state index in [9.17, 15) is 9.59 Å². The summed E-state index contributed by atoms with van der Waals surface area (Å²) in [6.45, 7) is 5.60. The second-order valence-electron chi connectivity index (χ2n) is 9.34. The zero-order chi connectivity index (χ0) is 21.6. The summed E-state index contributed by atoms with van der Waals surface area (Å²) in [7, 11) is 2.17. The van der Waals surface area contributed by atoms with Crippen LogP contribution in [-0.2, 0) is 12.1 Å². The first kappa shape index (κ1) is 20.3. The minimum absolute atomic E-state index is 0.0851. The normalized spacial score (nSPS) is 20.5. The van der Waals surface area contributed by atoms with Crippen LogP contribution in [-0.4, -0.2) is 59.3 Å². The molecule has 0 N–H and O–H groups in total. The molecule has 2 aromatic rings. The smallest absolute Gasteiger partial charge is 0.253 e. The largest absolute Gasteiger partial charge is 0.493 e. The summed E-state index contributed by atoms with van der Waals surface area (Å²) >= 11 is 0. The van der Waals surface area contributed by atoms with Crippen molar-refractivity contribution in [2.45, 2.75) is 44.7 Å². The molecular weight excluding hydrogens is 390 g/mol. The van der Waals surface area contributed by atoms with Gasteiger partial charge in [0.05, 0.1) is 17.8 Å². The third-order valence-electron chi connectivity index (χ3n) is 7.37. The molecule has 164 valence electrons. The van der Waals surface area contributed by atoms with Crippen LogP contribution >= 0.6 is 0 Å². The van der Waals surface area contributed by atoms with Crippen molar-refractivity contribution in [3.63, 3.8) is 0 Å². The number of benzene rings is 1. The van der Waals surface area contributed by atoms with E-state index < -0.39 is 0 Å². The van der Waals surface area contributed by atoms with Crippen molar-refractivity contribution in [1.82, 2.24) is 14.4 Å². The molecule has 1 amide bonds. The molecule has 1 spiro atoms. The molecule has 0 atom stereocenters. The predicted molar refractivity (Wildman–Crippen MR) is 119 cm³/mol. The summed E-state index contributed by atoms with van der Waals surface area (Å²) in [5.41, 5.74) is 2.62. The number of carbonyl (C=O) groups excluding carboxylic acids is 2. The third-order valence-corrected chi connectivity index (χ3v) is 7.37. The predicted octanol–water partition coefficient (Wildman–Crippen LogP) is 3.56. The van der Waals surface area contributed by atoms with Crippen molar-refractivity contribution in [3.8, 4) is 5.75 Å². The fourth-order valence-electron chi connectivity index (χ4n) is 5.17. The minimum atomic E-state index is -0.108. The Morgan fingerprint density at radius 2 is 1.71 bits per heavy atom. The van der Waals surface area contributed by atoms with Crippen molar-refractivity contribution in [2.75, 3.05) is 33.3 Å². The highest BCUT2D eigenvalue weighted by Crippen LogP contribution is 2.41. The molecular formula is C25H31N3O3. The monoisotopic (exact) mass is 421 g/mol. The molecule has 0 radical (unpaired) electrons. The molecule has 0 bridgehead atoms. The van der Waals surface area contributed by atoms with Crippen molar-refractivity contribution < 1.29 is 14.3 Å². The maximum atomic E-state index is 13.1. The summed E-state index contributed by atoms with van der Waals surface area (Å²) < 4.78 is 7.99. The van der Waals surface area contributed by atoms with Crippen LogP contribution in [0.3, 0.4) is 0 Å². The lowest BCUT2D eigenvalue weighted by Gasteiger charge is -2.50. The van der Waals surface area contributed by atoms with Gasteiger partial charge < -0.3 is 14.2 Å². The second kappa shape index (κ2) is 7.83. The molecule has 3 heterocycles.